The Balaban J connectivity index is 1.58. The molecule has 30 heavy (non-hydrogen) atoms. The molecule has 0 amide bonds. The van der Waals surface area contributed by atoms with Gasteiger partial charge in [-0.05, 0) is 31.6 Å². The van der Waals surface area contributed by atoms with Gasteiger partial charge in [0.15, 0.2) is 11.6 Å². The molecule has 0 aromatic carbocycles. The van der Waals surface area contributed by atoms with Gasteiger partial charge < -0.3 is 20.1 Å². The van der Waals surface area contributed by atoms with Crippen molar-refractivity contribution in [1.82, 2.24) is 19.7 Å². The van der Waals surface area contributed by atoms with Crippen molar-refractivity contribution in [2.45, 2.75) is 32.4 Å². The van der Waals surface area contributed by atoms with E-state index in [9.17, 15) is 13.2 Å². The Morgan fingerprint density at radius 1 is 1.20 bits per heavy atom. The number of fused-ring (bicyclic) bond motifs is 4. The first-order valence-electron chi connectivity index (χ1n) is 9.92. The van der Waals surface area contributed by atoms with Gasteiger partial charge in [0.05, 0.1) is 6.61 Å². The van der Waals surface area contributed by atoms with Crippen molar-refractivity contribution in [2.75, 3.05) is 37.0 Å². The quantitative estimate of drug-likeness (QED) is 0.671. The third-order valence-corrected chi connectivity index (χ3v) is 6.71. The number of nitrogens with zero attached hydrogens (tertiary/aromatic N) is 4. The Bertz CT molecular complexity index is 985. The van der Waals surface area contributed by atoms with Crippen molar-refractivity contribution in [3.63, 3.8) is 0 Å². The molecule has 1 aliphatic carbocycles. The Morgan fingerprint density at radius 3 is 2.70 bits per heavy atom. The highest BCUT2D eigenvalue weighted by Gasteiger charge is 2.67. The van der Waals surface area contributed by atoms with Gasteiger partial charge >= 0.3 is 6.18 Å². The summed E-state index contributed by atoms with van der Waals surface area (Å²) in [5.74, 6) is 0.900. The van der Waals surface area contributed by atoms with Crippen LogP contribution in [0.25, 0.3) is 0 Å². The van der Waals surface area contributed by atoms with Gasteiger partial charge in [0, 0.05) is 38.4 Å². The van der Waals surface area contributed by atoms with Crippen LogP contribution in [0.2, 0.25) is 0 Å². The van der Waals surface area contributed by atoms with E-state index in [4.69, 9.17) is 9.47 Å². The highest BCUT2D eigenvalue weighted by molar-refractivity contribution is 5.62. The van der Waals surface area contributed by atoms with Crippen molar-refractivity contribution in [2.24, 2.45) is 17.9 Å². The normalized spacial score (nSPS) is 25.0. The molecular weight excluding hydrogens is 401 g/mol. The minimum Gasteiger partial charge on any atom is -0.487 e. The number of aryl methyl sites for hydroxylation is 2. The van der Waals surface area contributed by atoms with Crippen molar-refractivity contribution in [1.29, 1.82) is 0 Å². The molecule has 0 radical (unpaired) electrons. The van der Waals surface area contributed by atoms with Crippen LogP contribution in [0.15, 0.2) is 6.20 Å². The molecule has 2 fully saturated rings. The van der Waals surface area contributed by atoms with E-state index in [0.29, 0.717) is 43.6 Å². The standard InChI is InChI=1S/C19H23F3N6O2/c1-11-13-15(28(2)27-11)26-16-23-7-12(19(20,21)22)14(25-16)24-9-18(10-30-13)8-17(18)3-5-29-6-4-17/h7H,3-6,8-10H2,1-2H3,(H2,23,24,25,26). The van der Waals surface area contributed by atoms with E-state index < -0.39 is 11.7 Å². The third-order valence-electron chi connectivity index (χ3n) is 6.71. The maximum Gasteiger partial charge on any atom is 0.421 e. The van der Waals surface area contributed by atoms with E-state index >= 15 is 0 Å². The molecule has 1 saturated heterocycles. The van der Waals surface area contributed by atoms with Crippen LogP contribution >= 0.6 is 0 Å². The fourth-order valence-electron chi connectivity index (χ4n) is 4.88. The van der Waals surface area contributed by atoms with Crippen LogP contribution < -0.4 is 15.4 Å². The van der Waals surface area contributed by atoms with Crippen LogP contribution in [0.3, 0.4) is 0 Å². The molecule has 1 atom stereocenters. The van der Waals surface area contributed by atoms with Crippen LogP contribution in [-0.2, 0) is 18.0 Å². The van der Waals surface area contributed by atoms with Crippen LogP contribution in [0.4, 0.5) is 30.8 Å². The lowest BCUT2D eigenvalue weighted by Crippen LogP contribution is -2.33. The first-order chi connectivity index (χ1) is 14.2. The lowest BCUT2D eigenvalue weighted by Gasteiger charge is -2.30. The maximum atomic E-state index is 13.6. The zero-order valence-electron chi connectivity index (χ0n) is 16.8. The average molecular weight is 424 g/mol. The molecule has 8 nitrogen and oxygen atoms in total. The number of anilines is 3. The lowest BCUT2D eigenvalue weighted by atomic mass is 9.86. The average Bonchev–Trinajstić information content (AvgIpc) is 3.20. The molecule has 2 aromatic rings. The SMILES string of the molecule is Cc1nn(C)c2c1OCC1(CNc3nc(ncc3C(F)(F)F)N2)CC12CCOCC2. The van der Waals surface area contributed by atoms with E-state index in [0.717, 1.165) is 25.5 Å². The van der Waals surface area contributed by atoms with Gasteiger partial charge in [-0.3, -0.25) is 0 Å². The molecule has 1 unspecified atom stereocenters. The van der Waals surface area contributed by atoms with Gasteiger partial charge in [0.25, 0.3) is 0 Å². The Morgan fingerprint density at radius 2 is 1.97 bits per heavy atom. The highest BCUT2D eigenvalue weighted by Crippen LogP contribution is 2.69. The molecule has 162 valence electrons. The largest absolute Gasteiger partial charge is 0.487 e. The molecule has 2 aliphatic heterocycles. The zero-order chi connectivity index (χ0) is 21.1. The topological polar surface area (TPSA) is 86.1 Å². The highest BCUT2D eigenvalue weighted by atomic mass is 19.4. The summed E-state index contributed by atoms with van der Waals surface area (Å²) in [6, 6.07) is 0. The van der Waals surface area contributed by atoms with Gasteiger partial charge in [-0.25, -0.2) is 9.67 Å². The Hall–Kier alpha value is -2.56. The summed E-state index contributed by atoms with van der Waals surface area (Å²) in [5, 5.41) is 10.3. The van der Waals surface area contributed by atoms with Gasteiger partial charge in [-0.15, -0.1) is 0 Å². The van der Waals surface area contributed by atoms with Crippen molar-refractivity contribution >= 4 is 17.6 Å². The second kappa shape index (κ2) is 6.47. The predicted octanol–water partition coefficient (Wildman–Crippen LogP) is 3.27. The van der Waals surface area contributed by atoms with E-state index in [1.807, 2.05) is 6.92 Å². The summed E-state index contributed by atoms with van der Waals surface area (Å²) < 4.78 is 54.0. The number of ether oxygens (including phenoxy) is 2. The fourth-order valence-corrected chi connectivity index (χ4v) is 4.88. The number of hydrogen-bond acceptors (Lipinski definition) is 7. The van der Waals surface area contributed by atoms with E-state index in [1.165, 1.54) is 0 Å². The van der Waals surface area contributed by atoms with E-state index in [2.05, 4.69) is 25.7 Å². The molecule has 2 aromatic heterocycles. The molecule has 11 heteroatoms. The summed E-state index contributed by atoms with van der Waals surface area (Å²) in [7, 11) is 1.73. The van der Waals surface area contributed by atoms with Crippen LogP contribution in [0, 0.1) is 17.8 Å². The smallest absolute Gasteiger partial charge is 0.421 e. The minimum atomic E-state index is -4.56. The number of aromatic nitrogens is 4. The predicted molar refractivity (Wildman–Crippen MR) is 102 cm³/mol. The van der Waals surface area contributed by atoms with Gasteiger partial charge in [-0.2, -0.15) is 23.3 Å². The Labute approximate surface area is 171 Å². The molecule has 5 rings (SSSR count). The molecule has 1 saturated carbocycles. The zero-order valence-corrected chi connectivity index (χ0v) is 16.8. The lowest BCUT2D eigenvalue weighted by molar-refractivity contribution is -0.137. The minimum absolute atomic E-state index is 0.00423. The monoisotopic (exact) mass is 424 g/mol. The summed E-state index contributed by atoms with van der Waals surface area (Å²) in [5.41, 5.74) is -0.485. The molecule has 2 spiro atoms. The number of rotatable bonds is 0. The fraction of sp³-hybridized carbons (Fsp3) is 0.632. The van der Waals surface area contributed by atoms with Crippen LogP contribution in [0.5, 0.6) is 5.75 Å². The van der Waals surface area contributed by atoms with Crippen LogP contribution in [0.1, 0.15) is 30.5 Å². The van der Waals surface area contributed by atoms with Gasteiger partial charge in [0.2, 0.25) is 5.95 Å². The van der Waals surface area contributed by atoms with Gasteiger partial charge in [-0.1, -0.05) is 0 Å². The number of alkyl halides is 3. The first kappa shape index (κ1) is 19.4. The number of nitrogens with one attached hydrogen (secondary N) is 2. The van der Waals surface area contributed by atoms with E-state index in [1.54, 1.807) is 11.7 Å². The van der Waals surface area contributed by atoms with Crippen molar-refractivity contribution in [3.05, 3.63) is 17.5 Å². The van der Waals surface area contributed by atoms with Crippen molar-refractivity contribution < 1.29 is 22.6 Å². The molecule has 2 N–H and O–H groups in total. The number of hydrogen-bond donors (Lipinski definition) is 2. The maximum absolute atomic E-state index is 13.6. The second-order valence-corrected chi connectivity index (χ2v) is 8.46. The second-order valence-electron chi connectivity index (χ2n) is 8.46. The van der Waals surface area contributed by atoms with E-state index in [-0.39, 0.29) is 22.6 Å². The van der Waals surface area contributed by atoms with Gasteiger partial charge in [0.1, 0.15) is 17.1 Å². The summed E-state index contributed by atoms with van der Waals surface area (Å²) in [6.07, 6.45) is -1.13. The Kier molecular flexibility index (Phi) is 4.18. The summed E-state index contributed by atoms with van der Waals surface area (Å²) >= 11 is 0. The van der Waals surface area contributed by atoms with Crippen molar-refractivity contribution in [3.8, 4) is 5.75 Å². The molecule has 3 aliphatic rings. The summed E-state index contributed by atoms with van der Waals surface area (Å²) in [6.45, 7) is 3.87. The summed E-state index contributed by atoms with van der Waals surface area (Å²) in [4.78, 5) is 8.01. The molecule has 4 heterocycles. The molecule has 2 bridgehead atoms. The first-order valence-corrected chi connectivity index (χ1v) is 9.92. The molecular formula is C19H23F3N6O2. The van der Waals surface area contributed by atoms with Crippen LogP contribution in [-0.4, -0.2) is 46.1 Å². The number of halogens is 3. The third kappa shape index (κ3) is 2.98.